The molecule has 0 saturated carbocycles. The van der Waals surface area contributed by atoms with E-state index in [9.17, 15) is 28.7 Å². The van der Waals surface area contributed by atoms with Gasteiger partial charge in [-0.1, -0.05) is 60.7 Å². The molecule has 0 bridgehead atoms. The van der Waals surface area contributed by atoms with Crippen molar-refractivity contribution in [3.8, 4) is 0 Å². The zero-order chi connectivity index (χ0) is 21.6. The Morgan fingerprint density at radius 3 is 1.40 bits per heavy atom. The van der Waals surface area contributed by atoms with Gasteiger partial charge in [0, 0.05) is 12.8 Å². The van der Waals surface area contributed by atoms with E-state index in [2.05, 4.69) is 0 Å². The molecule has 0 spiro atoms. The van der Waals surface area contributed by atoms with Crippen LogP contribution in [0.4, 0.5) is 0 Å². The summed E-state index contributed by atoms with van der Waals surface area (Å²) in [5.74, 6) is 0. The normalized spacial score (nSPS) is 25.6. The van der Waals surface area contributed by atoms with Gasteiger partial charge in [0.1, 0.15) is 11.2 Å². The number of benzene rings is 2. The van der Waals surface area contributed by atoms with Gasteiger partial charge in [-0.2, -0.15) is 0 Å². The molecule has 30 heavy (non-hydrogen) atoms. The van der Waals surface area contributed by atoms with Gasteiger partial charge in [-0.15, -0.1) is 0 Å². The molecular weight excluding hydrogens is 430 g/mol. The molecule has 2 atom stereocenters. The van der Waals surface area contributed by atoms with Crippen LogP contribution in [0.15, 0.2) is 60.7 Å². The van der Waals surface area contributed by atoms with Gasteiger partial charge in [0.25, 0.3) is 0 Å². The van der Waals surface area contributed by atoms with Crippen LogP contribution < -0.4 is 0 Å². The fourth-order valence-corrected chi connectivity index (χ4v) is 5.54. The molecule has 8 nitrogen and oxygen atoms in total. The largest absolute Gasteiger partial charge is 0.470 e. The third kappa shape index (κ3) is 4.14. The van der Waals surface area contributed by atoms with Crippen molar-refractivity contribution in [2.45, 2.75) is 24.0 Å². The van der Waals surface area contributed by atoms with E-state index < -0.39 is 26.8 Å². The average molecular weight is 450 g/mol. The monoisotopic (exact) mass is 450 g/mol. The van der Waals surface area contributed by atoms with Gasteiger partial charge in [-0.3, -0.25) is 9.05 Å². The summed E-state index contributed by atoms with van der Waals surface area (Å²) in [6.45, 7) is 0. The summed E-state index contributed by atoms with van der Waals surface area (Å²) in [5, 5.41) is 0. The highest BCUT2D eigenvalue weighted by molar-refractivity contribution is 7.46. The minimum atomic E-state index is -5.09. The molecule has 0 aliphatic heterocycles. The van der Waals surface area contributed by atoms with Crippen LogP contribution in [0.2, 0.25) is 0 Å². The van der Waals surface area contributed by atoms with Crippen molar-refractivity contribution in [2.75, 3.05) is 0 Å². The van der Waals surface area contributed by atoms with Gasteiger partial charge in [0.15, 0.2) is 0 Å². The lowest BCUT2D eigenvalue weighted by Gasteiger charge is -2.48. The molecule has 2 aliphatic carbocycles. The van der Waals surface area contributed by atoms with E-state index in [-0.39, 0.29) is 12.8 Å². The van der Waals surface area contributed by atoms with Crippen LogP contribution in [0, 0.1) is 0 Å². The van der Waals surface area contributed by atoms with Crippen molar-refractivity contribution >= 4 is 27.8 Å². The van der Waals surface area contributed by atoms with Gasteiger partial charge < -0.3 is 19.6 Å². The van der Waals surface area contributed by atoms with Crippen molar-refractivity contribution in [1.29, 1.82) is 0 Å². The number of hydrogen-bond donors (Lipinski definition) is 4. The van der Waals surface area contributed by atoms with Crippen molar-refractivity contribution in [3.63, 3.8) is 0 Å². The van der Waals surface area contributed by atoms with Crippen LogP contribution in [0.25, 0.3) is 12.2 Å². The lowest BCUT2D eigenvalue weighted by Crippen LogP contribution is -2.58. The number of fused-ring (bicyclic) bond motifs is 2. The first-order valence-corrected chi connectivity index (χ1v) is 12.1. The number of rotatable bonds is 5. The molecule has 2 aliphatic rings. The molecule has 2 aromatic carbocycles. The third-order valence-corrected chi connectivity index (χ3v) is 6.49. The summed E-state index contributed by atoms with van der Waals surface area (Å²) in [6.07, 6.45) is 5.96. The Hall–Kier alpha value is -1.86. The summed E-state index contributed by atoms with van der Waals surface area (Å²) < 4.78 is 34.5. The second-order valence-corrected chi connectivity index (χ2v) is 9.69. The second kappa shape index (κ2) is 7.38. The number of hydrogen-bond acceptors (Lipinski definition) is 4. The molecule has 4 N–H and O–H groups in total. The van der Waals surface area contributed by atoms with E-state index in [1.165, 1.54) is 12.2 Å². The smallest absolute Gasteiger partial charge is 0.303 e. The highest BCUT2D eigenvalue weighted by atomic mass is 31.2. The minimum absolute atomic E-state index is 0.0582. The van der Waals surface area contributed by atoms with E-state index >= 15 is 0 Å². The lowest BCUT2D eigenvalue weighted by atomic mass is 9.69. The summed E-state index contributed by atoms with van der Waals surface area (Å²) in [6, 6.07) is 14.4. The number of phosphoric ester groups is 2. The quantitative estimate of drug-likeness (QED) is 0.511. The van der Waals surface area contributed by atoms with Gasteiger partial charge in [0.05, 0.1) is 0 Å². The van der Waals surface area contributed by atoms with Crippen molar-refractivity contribution in [3.05, 3.63) is 82.9 Å². The second-order valence-electron chi connectivity index (χ2n) is 7.36. The van der Waals surface area contributed by atoms with Crippen molar-refractivity contribution in [1.82, 2.24) is 0 Å². The van der Waals surface area contributed by atoms with Crippen LogP contribution in [0.3, 0.4) is 0 Å². The van der Waals surface area contributed by atoms with Crippen LogP contribution in [0.5, 0.6) is 0 Å². The van der Waals surface area contributed by atoms with Crippen LogP contribution in [0.1, 0.15) is 22.3 Å². The molecule has 0 saturated heterocycles. The zero-order valence-electron chi connectivity index (χ0n) is 15.7. The molecule has 158 valence electrons. The van der Waals surface area contributed by atoms with E-state index in [4.69, 9.17) is 9.05 Å². The Balaban J connectivity index is 1.92. The predicted molar refractivity (Wildman–Crippen MR) is 110 cm³/mol. The summed E-state index contributed by atoms with van der Waals surface area (Å²) in [4.78, 5) is 38.8. The predicted octanol–water partition coefficient (Wildman–Crippen LogP) is 3.22. The van der Waals surface area contributed by atoms with E-state index in [1.54, 1.807) is 36.4 Å². The maximum absolute atomic E-state index is 12.0. The average Bonchev–Trinajstić information content (AvgIpc) is 2.65. The number of phosphoric acid groups is 2. The Kier molecular flexibility index (Phi) is 5.26. The first-order chi connectivity index (χ1) is 14.0. The minimum Gasteiger partial charge on any atom is -0.303 e. The highest BCUT2D eigenvalue weighted by Crippen LogP contribution is 2.57. The van der Waals surface area contributed by atoms with Crippen LogP contribution >= 0.6 is 15.6 Å². The molecule has 2 aromatic rings. The molecule has 10 heteroatoms. The standard InChI is InChI=1S/C20H20O8P2/c21-29(22,23)27-19(11-9-15-5-1-3-7-17(15)13-19)20(28-30(24,25)26)12-10-16-6-2-4-8-18(16)14-20/h1-12H,13-14H2,(H2,21,22,23)(H2,24,25,26). The van der Waals surface area contributed by atoms with Gasteiger partial charge >= 0.3 is 15.6 Å². The molecule has 0 amide bonds. The molecule has 0 heterocycles. The summed E-state index contributed by atoms with van der Waals surface area (Å²) in [5.41, 5.74) is -0.705. The van der Waals surface area contributed by atoms with Crippen LogP contribution in [-0.4, -0.2) is 30.8 Å². The zero-order valence-corrected chi connectivity index (χ0v) is 17.4. The molecular formula is C20H20O8P2. The molecule has 4 rings (SSSR count). The van der Waals surface area contributed by atoms with E-state index in [0.29, 0.717) is 11.1 Å². The summed E-state index contributed by atoms with van der Waals surface area (Å²) in [7, 11) is -10.2. The molecule has 0 fully saturated rings. The topological polar surface area (TPSA) is 134 Å². The third-order valence-electron chi connectivity index (χ3n) is 5.36. The summed E-state index contributed by atoms with van der Waals surface area (Å²) >= 11 is 0. The first-order valence-electron chi connectivity index (χ1n) is 9.08. The Morgan fingerprint density at radius 1 is 0.667 bits per heavy atom. The molecule has 0 aromatic heterocycles. The van der Waals surface area contributed by atoms with E-state index in [1.807, 2.05) is 24.3 Å². The van der Waals surface area contributed by atoms with E-state index in [0.717, 1.165) is 11.1 Å². The van der Waals surface area contributed by atoms with Crippen LogP contribution in [-0.2, 0) is 31.0 Å². The van der Waals surface area contributed by atoms with Crippen molar-refractivity contribution < 1.29 is 37.8 Å². The Morgan fingerprint density at radius 2 is 1.03 bits per heavy atom. The highest BCUT2D eigenvalue weighted by Gasteiger charge is 2.58. The van der Waals surface area contributed by atoms with Gasteiger partial charge in [-0.25, -0.2) is 9.13 Å². The SMILES string of the molecule is O=P(O)(O)OC1(C2(OP(=O)(O)O)C=Cc3ccccc3C2)C=Cc2ccccc2C1. The van der Waals surface area contributed by atoms with Gasteiger partial charge in [-0.05, 0) is 34.4 Å². The molecule has 0 radical (unpaired) electrons. The fourth-order valence-electron chi connectivity index (χ4n) is 4.13. The maximum atomic E-state index is 12.0. The Labute approximate surface area is 173 Å². The lowest BCUT2D eigenvalue weighted by molar-refractivity contribution is -0.0817. The van der Waals surface area contributed by atoms with Crippen molar-refractivity contribution in [2.24, 2.45) is 0 Å². The fraction of sp³-hybridized carbons (Fsp3) is 0.200. The van der Waals surface area contributed by atoms with Gasteiger partial charge in [0.2, 0.25) is 0 Å². The maximum Gasteiger partial charge on any atom is 0.470 e. The molecule has 2 unspecified atom stereocenters. The first kappa shape index (κ1) is 21.4. The Bertz CT molecular complexity index is 1040.